The number of carbonyl (C=O) groups excluding carboxylic acids is 1. The van der Waals surface area contributed by atoms with Gasteiger partial charge in [-0.1, -0.05) is 0 Å². The van der Waals surface area contributed by atoms with Gasteiger partial charge in [0.15, 0.2) is 11.4 Å². The van der Waals surface area contributed by atoms with Crippen molar-refractivity contribution >= 4 is 5.78 Å². The summed E-state index contributed by atoms with van der Waals surface area (Å²) in [6.07, 6.45) is 1.52. The van der Waals surface area contributed by atoms with Gasteiger partial charge in [-0.3, -0.25) is 14.2 Å². The van der Waals surface area contributed by atoms with E-state index in [1.165, 1.54) is 18.0 Å². The van der Waals surface area contributed by atoms with Gasteiger partial charge in [-0.25, -0.2) is 0 Å². The smallest absolute Gasteiger partial charge is 0.232 e. The predicted molar refractivity (Wildman–Crippen MR) is 61.1 cm³/mol. The minimum atomic E-state index is -0.148. The van der Waals surface area contributed by atoms with E-state index in [0.29, 0.717) is 17.1 Å². The number of hydrogen-bond donors (Lipinski definition) is 0. The first-order chi connectivity index (χ1) is 8.04. The average molecular weight is 234 g/mol. The molecule has 2 heterocycles. The number of methoxy groups -OCH3 is 1. The van der Waals surface area contributed by atoms with Crippen LogP contribution in [0.3, 0.4) is 0 Å². The summed E-state index contributed by atoms with van der Waals surface area (Å²) < 4.78 is 8.18. The molecule has 0 spiro atoms. The Hall–Kier alpha value is -2.11. The number of ketones is 1. The zero-order valence-electron chi connectivity index (χ0n) is 10.3. The summed E-state index contributed by atoms with van der Waals surface area (Å²) in [4.78, 5) is 12.3. The lowest BCUT2D eigenvalue weighted by Crippen LogP contribution is -2.13. The van der Waals surface area contributed by atoms with Crippen LogP contribution < -0.4 is 4.74 Å². The SMILES string of the molecule is COc1cnn(C)c1C(=O)c1cc(C)nn1C. The van der Waals surface area contributed by atoms with Gasteiger partial charge in [0, 0.05) is 14.1 Å². The molecule has 0 aromatic carbocycles. The van der Waals surface area contributed by atoms with Crippen molar-refractivity contribution in [1.29, 1.82) is 0 Å². The highest BCUT2D eigenvalue weighted by Crippen LogP contribution is 2.20. The minimum absolute atomic E-state index is 0.148. The standard InChI is InChI=1S/C11H14N4O2/c1-7-5-8(14(2)13-7)11(16)10-9(17-4)6-12-15(10)3/h5-6H,1-4H3. The van der Waals surface area contributed by atoms with Crippen LogP contribution >= 0.6 is 0 Å². The summed E-state index contributed by atoms with van der Waals surface area (Å²) in [7, 11) is 4.96. The topological polar surface area (TPSA) is 61.9 Å². The molecule has 6 nitrogen and oxygen atoms in total. The molecule has 0 radical (unpaired) electrons. The van der Waals surface area contributed by atoms with Crippen molar-refractivity contribution in [2.75, 3.05) is 7.11 Å². The summed E-state index contributed by atoms with van der Waals surface area (Å²) in [6.45, 7) is 1.84. The molecule has 0 bridgehead atoms. The molecular formula is C11H14N4O2. The van der Waals surface area contributed by atoms with Gasteiger partial charge < -0.3 is 4.74 Å². The lowest BCUT2D eigenvalue weighted by atomic mass is 10.2. The average Bonchev–Trinajstić information content (AvgIpc) is 2.80. The van der Waals surface area contributed by atoms with E-state index in [1.54, 1.807) is 24.8 Å². The molecule has 0 aliphatic rings. The summed E-state index contributed by atoms with van der Waals surface area (Å²) in [5, 5.41) is 8.16. The van der Waals surface area contributed by atoms with Gasteiger partial charge in [-0.15, -0.1) is 0 Å². The van der Waals surface area contributed by atoms with Gasteiger partial charge in [0.25, 0.3) is 0 Å². The van der Waals surface area contributed by atoms with Crippen molar-refractivity contribution in [3.8, 4) is 5.75 Å². The normalized spacial score (nSPS) is 10.6. The van der Waals surface area contributed by atoms with Gasteiger partial charge in [-0.05, 0) is 13.0 Å². The van der Waals surface area contributed by atoms with Crippen molar-refractivity contribution in [1.82, 2.24) is 19.6 Å². The van der Waals surface area contributed by atoms with Gasteiger partial charge >= 0.3 is 0 Å². The van der Waals surface area contributed by atoms with E-state index in [-0.39, 0.29) is 5.78 Å². The quantitative estimate of drug-likeness (QED) is 0.733. The fourth-order valence-corrected chi connectivity index (χ4v) is 1.77. The molecule has 0 unspecified atom stereocenters. The maximum absolute atomic E-state index is 12.3. The van der Waals surface area contributed by atoms with Crippen LogP contribution in [0.2, 0.25) is 0 Å². The van der Waals surface area contributed by atoms with Gasteiger partial charge in [0.05, 0.1) is 19.0 Å². The Morgan fingerprint density at radius 1 is 1.35 bits per heavy atom. The summed E-state index contributed by atoms with van der Waals surface area (Å²) >= 11 is 0. The highest BCUT2D eigenvalue weighted by molar-refractivity contribution is 6.08. The second kappa shape index (κ2) is 4.04. The Bertz CT molecular complexity index is 568. The van der Waals surface area contributed by atoms with Crippen molar-refractivity contribution in [2.24, 2.45) is 14.1 Å². The fourth-order valence-electron chi connectivity index (χ4n) is 1.77. The zero-order chi connectivity index (χ0) is 12.6. The van der Waals surface area contributed by atoms with E-state index < -0.39 is 0 Å². The minimum Gasteiger partial charge on any atom is -0.493 e. The molecular weight excluding hydrogens is 220 g/mol. The molecule has 90 valence electrons. The number of rotatable bonds is 3. The number of aryl methyl sites for hydroxylation is 3. The molecule has 0 saturated heterocycles. The summed E-state index contributed by atoms with van der Waals surface area (Å²) in [5.41, 5.74) is 1.75. The van der Waals surface area contributed by atoms with Gasteiger partial charge in [0.2, 0.25) is 5.78 Å². The Balaban J connectivity index is 2.50. The van der Waals surface area contributed by atoms with Crippen molar-refractivity contribution in [3.05, 3.63) is 29.3 Å². The maximum Gasteiger partial charge on any atom is 0.232 e. The third-order valence-corrected chi connectivity index (χ3v) is 2.57. The molecule has 0 N–H and O–H groups in total. The number of hydrogen-bond acceptors (Lipinski definition) is 4. The molecule has 17 heavy (non-hydrogen) atoms. The summed E-state index contributed by atoms with van der Waals surface area (Å²) in [5.74, 6) is 0.321. The molecule has 0 aliphatic heterocycles. The third kappa shape index (κ3) is 1.82. The van der Waals surface area contributed by atoms with Gasteiger partial charge in [0.1, 0.15) is 5.69 Å². The van der Waals surface area contributed by atoms with Crippen molar-refractivity contribution in [2.45, 2.75) is 6.92 Å². The molecule has 0 amide bonds. The highest BCUT2D eigenvalue weighted by atomic mass is 16.5. The molecule has 0 atom stereocenters. The van der Waals surface area contributed by atoms with Crippen LogP contribution in [0, 0.1) is 6.92 Å². The second-order valence-electron chi connectivity index (χ2n) is 3.81. The number of ether oxygens (including phenoxy) is 1. The first kappa shape index (κ1) is 11.4. The van der Waals surface area contributed by atoms with Crippen LogP contribution in [0.25, 0.3) is 0 Å². The van der Waals surface area contributed by atoms with E-state index in [0.717, 1.165) is 5.69 Å². The van der Waals surface area contributed by atoms with Crippen LogP contribution in [0.5, 0.6) is 5.75 Å². The van der Waals surface area contributed by atoms with Crippen molar-refractivity contribution < 1.29 is 9.53 Å². The second-order valence-corrected chi connectivity index (χ2v) is 3.81. The van der Waals surface area contributed by atoms with E-state index in [1.807, 2.05) is 6.92 Å². The van der Waals surface area contributed by atoms with Crippen LogP contribution in [0.15, 0.2) is 12.3 Å². The van der Waals surface area contributed by atoms with Gasteiger partial charge in [-0.2, -0.15) is 10.2 Å². The van der Waals surface area contributed by atoms with E-state index in [4.69, 9.17) is 4.74 Å². The first-order valence-corrected chi connectivity index (χ1v) is 5.16. The van der Waals surface area contributed by atoms with E-state index in [2.05, 4.69) is 10.2 Å². The molecule has 2 aromatic heterocycles. The Morgan fingerprint density at radius 2 is 2.06 bits per heavy atom. The Labute approximate surface area is 98.8 Å². The van der Waals surface area contributed by atoms with Crippen LogP contribution in [0.1, 0.15) is 21.9 Å². The number of carbonyl (C=O) groups is 1. The summed E-state index contributed by atoms with van der Waals surface area (Å²) in [6, 6.07) is 1.74. The largest absolute Gasteiger partial charge is 0.493 e. The Morgan fingerprint density at radius 3 is 2.59 bits per heavy atom. The lowest BCUT2D eigenvalue weighted by molar-refractivity contribution is 0.101. The van der Waals surface area contributed by atoms with E-state index >= 15 is 0 Å². The molecule has 6 heteroatoms. The van der Waals surface area contributed by atoms with Crippen molar-refractivity contribution in [3.63, 3.8) is 0 Å². The lowest BCUT2D eigenvalue weighted by Gasteiger charge is -2.04. The monoisotopic (exact) mass is 234 g/mol. The first-order valence-electron chi connectivity index (χ1n) is 5.16. The number of aromatic nitrogens is 4. The van der Waals surface area contributed by atoms with Crippen LogP contribution in [0.4, 0.5) is 0 Å². The maximum atomic E-state index is 12.3. The third-order valence-electron chi connectivity index (χ3n) is 2.57. The molecule has 0 saturated carbocycles. The molecule has 0 aliphatic carbocycles. The molecule has 2 rings (SSSR count). The Kier molecular flexibility index (Phi) is 2.71. The number of nitrogens with zero attached hydrogens (tertiary/aromatic N) is 4. The molecule has 2 aromatic rings. The van der Waals surface area contributed by atoms with E-state index in [9.17, 15) is 4.79 Å². The fraction of sp³-hybridized carbons (Fsp3) is 0.364. The zero-order valence-corrected chi connectivity index (χ0v) is 10.3. The highest BCUT2D eigenvalue weighted by Gasteiger charge is 2.22. The van der Waals surface area contributed by atoms with Crippen LogP contribution in [-0.2, 0) is 14.1 Å². The predicted octanol–water partition coefficient (Wildman–Crippen LogP) is 0.702. The van der Waals surface area contributed by atoms with Crippen LogP contribution in [-0.4, -0.2) is 32.5 Å². The molecule has 0 fully saturated rings.